The highest BCUT2D eigenvalue weighted by Gasteiger charge is 2.49. The maximum absolute atomic E-state index is 12.9. The number of nitrogens with zero attached hydrogens (tertiary/aromatic N) is 2. The Bertz CT molecular complexity index is 870. The number of alkyl halides is 3. The molecule has 27 heavy (non-hydrogen) atoms. The molecule has 1 aliphatic heterocycles. The summed E-state index contributed by atoms with van der Waals surface area (Å²) in [4.78, 5) is 8.81. The monoisotopic (exact) mass is 374 g/mol. The van der Waals surface area contributed by atoms with Crippen LogP contribution >= 0.6 is 0 Å². The zero-order valence-corrected chi connectivity index (χ0v) is 15.0. The van der Waals surface area contributed by atoms with Crippen LogP contribution in [0, 0.1) is 0 Å². The lowest BCUT2D eigenvalue weighted by molar-refractivity contribution is -0.137. The molecule has 0 aromatic carbocycles. The molecule has 1 fully saturated rings. The molecule has 1 unspecified atom stereocenters. The minimum atomic E-state index is -4.38. The van der Waals surface area contributed by atoms with Gasteiger partial charge in [0, 0.05) is 23.7 Å². The summed E-state index contributed by atoms with van der Waals surface area (Å²) in [6, 6.07) is 2.54. The van der Waals surface area contributed by atoms with E-state index >= 15 is 0 Å². The van der Waals surface area contributed by atoms with E-state index in [0.29, 0.717) is 5.69 Å². The fourth-order valence-corrected chi connectivity index (χ4v) is 5.03. The van der Waals surface area contributed by atoms with Crippen molar-refractivity contribution in [3.05, 3.63) is 58.2 Å². The summed E-state index contributed by atoms with van der Waals surface area (Å²) >= 11 is 0. The zero-order valence-electron chi connectivity index (χ0n) is 15.0. The molecule has 2 aliphatic carbocycles. The number of pyridine rings is 2. The SMILES string of the molecule is FC(F)(F)c1ccc(C2OC3(CCCC3)c3c2cnc2c3CCCC2)nc1. The van der Waals surface area contributed by atoms with Gasteiger partial charge in [-0.2, -0.15) is 13.2 Å². The molecule has 3 nitrogen and oxygen atoms in total. The van der Waals surface area contributed by atoms with E-state index in [0.717, 1.165) is 69.2 Å². The summed E-state index contributed by atoms with van der Waals surface area (Å²) in [6.07, 6.45) is 6.48. The van der Waals surface area contributed by atoms with Crippen molar-refractivity contribution in [2.75, 3.05) is 0 Å². The average Bonchev–Trinajstić information content (AvgIpc) is 3.27. The number of hydrogen-bond donors (Lipinski definition) is 0. The van der Waals surface area contributed by atoms with Crippen molar-refractivity contribution in [2.24, 2.45) is 0 Å². The molecule has 1 spiro atoms. The largest absolute Gasteiger partial charge is 0.417 e. The van der Waals surface area contributed by atoms with Crippen LogP contribution in [0.15, 0.2) is 24.5 Å². The summed E-state index contributed by atoms with van der Waals surface area (Å²) in [5.74, 6) is 0. The van der Waals surface area contributed by atoms with Gasteiger partial charge in [-0.3, -0.25) is 9.97 Å². The van der Waals surface area contributed by atoms with Crippen LogP contribution in [0.2, 0.25) is 0 Å². The summed E-state index contributed by atoms with van der Waals surface area (Å²) in [6.45, 7) is 0. The van der Waals surface area contributed by atoms with Crippen molar-refractivity contribution >= 4 is 0 Å². The number of hydrogen-bond acceptors (Lipinski definition) is 3. The van der Waals surface area contributed by atoms with Crippen molar-refractivity contribution < 1.29 is 17.9 Å². The molecular weight excluding hydrogens is 353 g/mol. The molecule has 6 heteroatoms. The molecule has 5 rings (SSSR count). The van der Waals surface area contributed by atoms with E-state index < -0.39 is 17.8 Å². The maximum atomic E-state index is 12.9. The Morgan fingerprint density at radius 2 is 1.74 bits per heavy atom. The van der Waals surface area contributed by atoms with E-state index in [4.69, 9.17) is 9.72 Å². The van der Waals surface area contributed by atoms with Crippen LogP contribution in [-0.4, -0.2) is 9.97 Å². The Balaban J connectivity index is 1.61. The minimum absolute atomic E-state index is 0.311. The minimum Gasteiger partial charge on any atom is -0.356 e. The summed E-state index contributed by atoms with van der Waals surface area (Å²) in [5, 5.41) is 0. The topological polar surface area (TPSA) is 35.0 Å². The second kappa shape index (κ2) is 6.03. The highest BCUT2D eigenvalue weighted by Crippen LogP contribution is 2.55. The van der Waals surface area contributed by atoms with Crippen molar-refractivity contribution in [3.63, 3.8) is 0 Å². The Morgan fingerprint density at radius 3 is 2.44 bits per heavy atom. The molecule has 3 heterocycles. The molecule has 142 valence electrons. The molecule has 0 saturated heterocycles. The van der Waals surface area contributed by atoms with Gasteiger partial charge in [0.25, 0.3) is 0 Å². The third-order valence-electron chi connectivity index (χ3n) is 6.26. The number of aromatic nitrogens is 2. The molecule has 1 saturated carbocycles. The van der Waals surface area contributed by atoms with Gasteiger partial charge in [0.2, 0.25) is 0 Å². The first-order chi connectivity index (χ1) is 13.0. The van der Waals surface area contributed by atoms with Crippen LogP contribution in [0.25, 0.3) is 0 Å². The van der Waals surface area contributed by atoms with Crippen molar-refractivity contribution in [1.29, 1.82) is 0 Å². The average molecular weight is 374 g/mol. The molecular formula is C21H21F3N2O. The second-order valence-electron chi connectivity index (χ2n) is 7.89. The normalized spacial score (nSPS) is 23.4. The molecule has 2 aromatic heterocycles. The predicted molar refractivity (Wildman–Crippen MR) is 93.2 cm³/mol. The number of fused-ring (bicyclic) bond motifs is 4. The van der Waals surface area contributed by atoms with E-state index in [1.165, 1.54) is 22.9 Å². The highest BCUT2D eigenvalue weighted by atomic mass is 19.4. The Labute approximate surface area is 156 Å². The zero-order chi connectivity index (χ0) is 18.6. The Morgan fingerprint density at radius 1 is 0.963 bits per heavy atom. The summed E-state index contributed by atoms with van der Waals surface area (Å²) < 4.78 is 45.2. The lowest BCUT2D eigenvalue weighted by Gasteiger charge is -2.28. The maximum Gasteiger partial charge on any atom is 0.417 e. The van der Waals surface area contributed by atoms with E-state index in [1.807, 2.05) is 6.20 Å². The molecule has 3 aliphatic rings. The smallest absolute Gasteiger partial charge is 0.356 e. The lowest BCUT2D eigenvalue weighted by Crippen LogP contribution is -2.24. The van der Waals surface area contributed by atoms with Gasteiger partial charge < -0.3 is 4.74 Å². The van der Waals surface area contributed by atoms with Crippen LogP contribution in [0.3, 0.4) is 0 Å². The van der Waals surface area contributed by atoms with Gasteiger partial charge in [-0.05, 0) is 61.8 Å². The highest BCUT2D eigenvalue weighted by molar-refractivity contribution is 5.49. The third kappa shape index (κ3) is 2.68. The van der Waals surface area contributed by atoms with E-state index in [9.17, 15) is 13.2 Å². The molecule has 1 atom stereocenters. The summed E-state index contributed by atoms with van der Waals surface area (Å²) in [7, 11) is 0. The summed E-state index contributed by atoms with van der Waals surface area (Å²) in [5.41, 5.74) is 4.27. The van der Waals surface area contributed by atoms with Crippen LogP contribution in [0.1, 0.15) is 78.3 Å². The number of halogens is 3. The molecule has 0 amide bonds. The fraction of sp³-hybridized carbons (Fsp3) is 0.524. The standard InChI is InChI=1S/C21H21F3N2O/c22-21(23,24)13-7-8-17(25-11-13)19-15-12-26-16-6-2-1-5-14(16)18(15)20(27-19)9-3-4-10-20/h7-8,11-12,19H,1-6,9-10H2. The van der Waals surface area contributed by atoms with Crippen LogP contribution in [-0.2, 0) is 29.4 Å². The van der Waals surface area contributed by atoms with Crippen molar-refractivity contribution in [1.82, 2.24) is 9.97 Å². The lowest BCUT2D eigenvalue weighted by atomic mass is 9.81. The second-order valence-corrected chi connectivity index (χ2v) is 7.89. The number of ether oxygens (including phenoxy) is 1. The van der Waals surface area contributed by atoms with Gasteiger partial charge >= 0.3 is 6.18 Å². The first-order valence-corrected chi connectivity index (χ1v) is 9.70. The molecule has 0 radical (unpaired) electrons. The first kappa shape index (κ1) is 17.2. The van der Waals surface area contributed by atoms with E-state index in [-0.39, 0.29) is 5.60 Å². The molecule has 0 bridgehead atoms. The Kier molecular flexibility index (Phi) is 3.83. The van der Waals surface area contributed by atoms with Crippen molar-refractivity contribution in [2.45, 2.75) is 69.2 Å². The predicted octanol–water partition coefficient (Wildman–Crippen LogP) is 5.26. The van der Waals surface area contributed by atoms with Gasteiger partial charge in [-0.1, -0.05) is 12.8 Å². The van der Waals surface area contributed by atoms with Gasteiger partial charge in [-0.25, -0.2) is 0 Å². The van der Waals surface area contributed by atoms with Crippen LogP contribution in [0.5, 0.6) is 0 Å². The number of rotatable bonds is 1. The van der Waals surface area contributed by atoms with Gasteiger partial charge in [0.05, 0.1) is 16.9 Å². The number of aryl methyl sites for hydroxylation is 1. The van der Waals surface area contributed by atoms with Crippen LogP contribution in [0.4, 0.5) is 13.2 Å². The van der Waals surface area contributed by atoms with Crippen molar-refractivity contribution in [3.8, 4) is 0 Å². The van der Waals surface area contributed by atoms with E-state index in [2.05, 4.69) is 4.98 Å². The van der Waals surface area contributed by atoms with E-state index in [1.54, 1.807) is 0 Å². The quantitative estimate of drug-likeness (QED) is 0.683. The van der Waals surface area contributed by atoms with Gasteiger partial charge in [0.1, 0.15) is 6.10 Å². The van der Waals surface area contributed by atoms with Gasteiger partial charge in [-0.15, -0.1) is 0 Å². The third-order valence-corrected chi connectivity index (χ3v) is 6.26. The molecule has 0 N–H and O–H groups in total. The Hall–Kier alpha value is -1.95. The van der Waals surface area contributed by atoms with Crippen LogP contribution < -0.4 is 0 Å². The fourth-order valence-electron chi connectivity index (χ4n) is 5.03. The first-order valence-electron chi connectivity index (χ1n) is 9.70. The van der Waals surface area contributed by atoms with Gasteiger partial charge in [0.15, 0.2) is 0 Å². The molecule has 2 aromatic rings.